The molecule has 0 radical (unpaired) electrons. The topological polar surface area (TPSA) is 58.6 Å². The van der Waals surface area contributed by atoms with Gasteiger partial charge in [-0.2, -0.15) is 0 Å². The normalized spacial score (nSPS) is 16.5. The maximum Gasteiger partial charge on any atom is 0.229 e. The summed E-state index contributed by atoms with van der Waals surface area (Å²) >= 11 is 6.27. The van der Waals surface area contributed by atoms with Crippen molar-refractivity contribution in [1.82, 2.24) is 4.90 Å². The molecule has 0 saturated carbocycles. The number of ether oxygens (including phenoxy) is 1. The number of halogens is 1. The third kappa shape index (κ3) is 4.42. The molecule has 6 heteroatoms. The summed E-state index contributed by atoms with van der Waals surface area (Å²) < 4.78 is 5.15. The number of benzene rings is 2. The Morgan fingerprint density at radius 1 is 1.26 bits per heavy atom. The standard InChI is InChI=1S/C21H23ClN2O3/c1-13-8-14(2)20(18(22)9-13)23-21(26)16-10-19(25)24(12-16)11-15-4-6-17(27-3)7-5-15/h4-9,16H,10-12H2,1-3H3,(H,23,26). The molecule has 1 saturated heterocycles. The van der Waals surface area contributed by atoms with Crippen LogP contribution in [0.5, 0.6) is 5.75 Å². The van der Waals surface area contributed by atoms with Gasteiger partial charge < -0.3 is 15.0 Å². The second kappa shape index (κ2) is 8.01. The van der Waals surface area contributed by atoms with Crippen LogP contribution >= 0.6 is 11.6 Å². The molecular formula is C21H23ClN2O3. The molecule has 0 bridgehead atoms. The maximum absolute atomic E-state index is 12.7. The number of rotatable bonds is 5. The van der Waals surface area contributed by atoms with Crippen LogP contribution in [0.3, 0.4) is 0 Å². The molecule has 2 amide bonds. The Kier molecular flexibility index (Phi) is 5.71. The Bertz CT molecular complexity index is 841. The summed E-state index contributed by atoms with van der Waals surface area (Å²) in [7, 11) is 1.62. The first kappa shape index (κ1) is 19.2. The number of nitrogens with zero attached hydrogens (tertiary/aromatic N) is 1. The van der Waals surface area contributed by atoms with Crippen LogP contribution in [-0.2, 0) is 16.1 Å². The summed E-state index contributed by atoms with van der Waals surface area (Å²) in [6, 6.07) is 11.4. The number of likely N-dealkylation sites (tertiary alicyclic amines) is 1. The summed E-state index contributed by atoms with van der Waals surface area (Å²) in [5.74, 6) is 0.203. The van der Waals surface area contributed by atoms with Gasteiger partial charge in [-0.3, -0.25) is 9.59 Å². The number of carbonyl (C=O) groups excluding carboxylic acids is 2. The molecule has 1 aliphatic rings. The van der Waals surface area contributed by atoms with Crippen molar-refractivity contribution in [2.24, 2.45) is 5.92 Å². The monoisotopic (exact) mass is 386 g/mol. The number of nitrogens with one attached hydrogen (secondary N) is 1. The Hall–Kier alpha value is -2.53. The SMILES string of the molecule is COc1ccc(CN2CC(C(=O)Nc3c(C)cc(C)cc3Cl)CC2=O)cc1. The van der Waals surface area contributed by atoms with Crippen molar-refractivity contribution in [3.05, 3.63) is 58.1 Å². The van der Waals surface area contributed by atoms with Crippen LogP contribution in [0.15, 0.2) is 36.4 Å². The van der Waals surface area contributed by atoms with Gasteiger partial charge in [0.05, 0.1) is 23.7 Å². The van der Waals surface area contributed by atoms with Crippen LogP contribution in [-0.4, -0.2) is 30.4 Å². The van der Waals surface area contributed by atoms with E-state index in [0.29, 0.717) is 23.8 Å². The van der Waals surface area contributed by atoms with Gasteiger partial charge in [-0.05, 0) is 48.7 Å². The van der Waals surface area contributed by atoms with Crippen molar-refractivity contribution in [2.75, 3.05) is 19.0 Å². The van der Waals surface area contributed by atoms with Crippen molar-refractivity contribution >= 4 is 29.1 Å². The van der Waals surface area contributed by atoms with E-state index in [1.165, 1.54) is 0 Å². The van der Waals surface area contributed by atoms with Crippen LogP contribution in [0, 0.1) is 19.8 Å². The molecule has 0 spiro atoms. The highest BCUT2D eigenvalue weighted by molar-refractivity contribution is 6.34. The molecule has 1 aliphatic heterocycles. The van der Waals surface area contributed by atoms with Gasteiger partial charge in [0.25, 0.3) is 0 Å². The summed E-state index contributed by atoms with van der Waals surface area (Å²) in [6.07, 6.45) is 0.213. The lowest BCUT2D eigenvalue weighted by Crippen LogP contribution is -2.28. The molecule has 5 nitrogen and oxygen atoms in total. The molecule has 1 heterocycles. The Balaban J connectivity index is 1.65. The van der Waals surface area contributed by atoms with E-state index in [-0.39, 0.29) is 24.2 Å². The van der Waals surface area contributed by atoms with Gasteiger partial charge in [-0.1, -0.05) is 29.8 Å². The van der Waals surface area contributed by atoms with Crippen molar-refractivity contribution in [1.29, 1.82) is 0 Å². The summed E-state index contributed by atoms with van der Waals surface area (Å²) in [6.45, 7) is 4.75. The van der Waals surface area contributed by atoms with E-state index < -0.39 is 0 Å². The van der Waals surface area contributed by atoms with E-state index in [0.717, 1.165) is 22.4 Å². The fourth-order valence-corrected chi connectivity index (χ4v) is 3.72. The minimum absolute atomic E-state index is 0.0160. The van der Waals surface area contributed by atoms with Crippen LogP contribution in [0.2, 0.25) is 5.02 Å². The molecule has 1 unspecified atom stereocenters. The summed E-state index contributed by atoms with van der Waals surface area (Å²) in [5.41, 5.74) is 3.57. The minimum atomic E-state index is -0.382. The molecule has 1 fully saturated rings. The first-order valence-corrected chi connectivity index (χ1v) is 9.23. The number of amides is 2. The van der Waals surface area contributed by atoms with E-state index in [1.807, 2.05) is 50.2 Å². The first-order chi connectivity index (χ1) is 12.9. The van der Waals surface area contributed by atoms with Crippen LogP contribution in [0.4, 0.5) is 5.69 Å². The zero-order valence-corrected chi connectivity index (χ0v) is 16.5. The van der Waals surface area contributed by atoms with Gasteiger partial charge >= 0.3 is 0 Å². The van der Waals surface area contributed by atoms with Crippen LogP contribution in [0.25, 0.3) is 0 Å². The molecule has 2 aromatic rings. The Morgan fingerprint density at radius 3 is 2.59 bits per heavy atom. The van der Waals surface area contributed by atoms with Crippen molar-refractivity contribution in [2.45, 2.75) is 26.8 Å². The van der Waals surface area contributed by atoms with Gasteiger partial charge in [-0.15, -0.1) is 0 Å². The molecule has 1 N–H and O–H groups in total. The van der Waals surface area contributed by atoms with Crippen molar-refractivity contribution in [3.8, 4) is 5.75 Å². The van der Waals surface area contributed by atoms with E-state index >= 15 is 0 Å². The number of aryl methyl sites for hydroxylation is 2. The number of hydrogen-bond donors (Lipinski definition) is 1. The van der Waals surface area contributed by atoms with Gasteiger partial charge in [0, 0.05) is 19.5 Å². The van der Waals surface area contributed by atoms with E-state index in [1.54, 1.807) is 12.0 Å². The summed E-state index contributed by atoms with van der Waals surface area (Å²) in [4.78, 5) is 26.7. The van der Waals surface area contributed by atoms with E-state index in [4.69, 9.17) is 16.3 Å². The predicted molar refractivity (Wildman–Crippen MR) is 106 cm³/mol. The van der Waals surface area contributed by atoms with Gasteiger partial charge in [0.15, 0.2) is 0 Å². The highest BCUT2D eigenvalue weighted by Crippen LogP contribution is 2.29. The Labute approximate surface area is 164 Å². The van der Waals surface area contributed by atoms with Gasteiger partial charge in [0.1, 0.15) is 5.75 Å². The third-order valence-corrected chi connectivity index (χ3v) is 5.10. The van der Waals surface area contributed by atoms with Crippen LogP contribution < -0.4 is 10.1 Å². The van der Waals surface area contributed by atoms with Gasteiger partial charge in [0.2, 0.25) is 11.8 Å². The first-order valence-electron chi connectivity index (χ1n) is 8.85. The molecule has 3 rings (SSSR count). The lowest BCUT2D eigenvalue weighted by Gasteiger charge is -2.17. The highest BCUT2D eigenvalue weighted by Gasteiger charge is 2.34. The molecule has 0 aromatic heterocycles. The zero-order valence-electron chi connectivity index (χ0n) is 15.7. The number of carbonyl (C=O) groups is 2. The molecular weight excluding hydrogens is 364 g/mol. The number of methoxy groups -OCH3 is 1. The van der Waals surface area contributed by atoms with Crippen LogP contribution in [0.1, 0.15) is 23.1 Å². The van der Waals surface area contributed by atoms with Crippen molar-refractivity contribution in [3.63, 3.8) is 0 Å². The smallest absolute Gasteiger partial charge is 0.229 e. The van der Waals surface area contributed by atoms with Crippen molar-refractivity contribution < 1.29 is 14.3 Å². The largest absolute Gasteiger partial charge is 0.497 e. The molecule has 27 heavy (non-hydrogen) atoms. The molecule has 2 aromatic carbocycles. The quantitative estimate of drug-likeness (QED) is 0.846. The minimum Gasteiger partial charge on any atom is -0.497 e. The lowest BCUT2D eigenvalue weighted by molar-refractivity contribution is -0.128. The predicted octanol–water partition coefficient (Wildman–Crippen LogP) is 3.95. The average molecular weight is 387 g/mol. The third-order valence-electron chi connectivity index (χ3n) is 4.80. The molecule has 1 atom stereocenters. The highest BCUT2D eigenvalue weighted by atomic mass is 35.5. The fraction of sp³-hybridized carbons (Fsp3) is 0.333. The number of hydrogen-bond acceptors (Lipinski definition) is 3. The maximum atomic E-state index is 12.7. The zero-order chi connectivity index (χ0) is 19.6. The summed E-state index contributed by atoms with van der Waals surface area (Å²) in [5, 5.41) is 3.42. The lowest BCUT2D eigenvalue weighted by atomic mass is 10.1. The fourth-order valence-electron chi connectivity index (χ4n) is 3.35. The second-order valence-corrected chi connectivity index (χ2v) is 7.36. The Morgan fingerprint density at radius 2 is 1.96 bits per heavy atom. The molecule has 0 aliphatic carbocycles. The molecule has 142 valence electrons. The van der Waals surface area contributed by atoms with E-state index in [2.05, 4.69) is 5.32 Å². The average Bonchev–Trinajstić information content (AvgIpc) is 2.99. The van der Waals surface area contributed by atoms with E-state index in [9.17, 15) is 9.59 Å². The van der Waals surface area contributed by atoms with Gasteiger partial charge in [-0.25, -0.2) is 0 Å². The second-order valence-electron chi connectivity index (χ2n) is 6.95. The number of anilines is 1.